The predicted octanol–water partition coefficient (Wildman–Crippen LogP) is 1.56. The lowest BCUT2D eigenvalue weighted by Crippen LogP contribution is -2.20. The molecule has 0 atom stereocenters. The van der Waals surface area contributed by atoms with Gasteiger partial charge in [0.2, 0.25) is 0 Å². The van der Waals surface area contributed by atoms with Gasteiger partial charge in [-0.1, -0.05) is 11.6 Å². The highest BCUT2D eigenvalue weighted by molar-refractivity contribution is 5.75. The first-order valence-corrected chi connectivity index (χ1v) is 4.78. The fourth-order valence-corrected chi connectivity index (χ4v) is 1.42. The van der Waals surface area contributed by atoms with E-state index in [0.717, 1.165) is 12.8 Å². The van der Waals surface area contributed by atoms with Crippen LogP contribution >= 0.6 is 0 Å². The van der Waals surface area contributed by atoms with Crippen molar-refractivity contribution < 1.29 is 4.74 Å². The molecule has 14 heavy (non-hydrogen) atoms. The Labute approximate surface area is 84.3 Å². The summed E-state index contributed by atoms with van der Waals surface area (Å²) in [5, 5.41) is 10.7. The van der Waals surface area contributed by atoms with Gasteiger partial charge in [-0.25, -0.2) is 10.3 Å². The topological polar surface area (TPSA) is 57.4 Å². The van der Waals surface area contributed by atoms with Crippen molar-refractivity contribution in [2.24, 2.45) is 4.99 Å². The highest BCUT2D eigenvalue weighted by atomic mass is 16.5. The van der Waals surface area contributed by atoms with Gasteiger partial charge >= 0.3 is 0 Å². The van der Waals surface area contributed by atoms with Crippen LogP contribution in [0.3, 0.4) is 0 Å². The molecule has 0 unspecified atom stereocenters. The SMILES string of the molecule is COC(=NCC1=CCCCC1)NC#N. The van der Waals surface area contributed by atoms with Gasteiger partial charge in [-0.15, -0.1) is 0 Å². The quantitative estimate of drug-likeness (QED) is 0.238. The molecular formula is C10H15N3O. The number of aliphatic imine (C=N–C) groups is 1. The molecule has 0 spiro atoms. The Morgan fingerprint density at radius 1 is 1.71 bits per heavy atom. The van der Waals surface area contributed by atoms with Crippen LogP contribution in [-0.2, 0) is 4.74 Å². The maximum absolute atomic E-state index is 8.37. The van der Waals surface area contributed by atoms with Crippen LogP contribution in [0.25, 0.3) is 0 Å². The lowest BCUT2D eigenvalue weighted by Gasteiger charge is -2.10. The lowest BCUT2D eigenvalue weighted by molar-refractivity contribution is 0.386. The Morgan fingerprint density at radius 2 is 2.57 bits per heavy atom. The second kappa shape index (κ2) is 6.03. The Balaban J connectivity index is 2.43. The van der Waals surface area contributed by atoms with Gasteiger partial charge < -0.3 is 4.74 Å². The Kier molecular flexibility index (Phi) is 4.56. The van der Waals surface area contributed by atoms with E-state index in [4.69, 9.17) is 10.00 Å². The van der Waals surface area contributed by atoms with Crippen molar-refractivity contribution in [3.8, 4) is 6.19 Å². The number of rotatable bonds is 2. The van der Waals surface area contributed by atoms with Crippen molar-refractivity contribution in [3.05, 3.63) is 11.6 Å². The number of nitrogens with one attached hydrogen (secondary N) is 1. The van der Waals surface area contributed by atoms with Crippen LogP contribution in [0.4, 0.5) is 0 Å². The number of amidine groups is 1. The maximum Gasteiger partial charge on any atom is 0.298 e. The van der Waals surface area contributed by atoms with Gasteiger partial charge in [-0.3, -0.25) is 0 Å². The zero-order chi connectivity index (χ0) is 10.2. The zero-order valence-corrected chi connectivity index (χ0v) is 8.42. The third-order valence-corrected chi connectivity index (χ3v) is 2.17. The summed E-state index contributed by atoms with van der Waals surface area (Å²) in [4.78, 5) is 4.15. The Hall–Kier alpha value is -1.50. The van der Waals surface area contributed by atoms with E-state index in [1.807, 2.05) is 0 Å². The molecule has 0 heterocycles. The minimum absolute atomic E-state index is 0.291. The number of ether oxygens (including phenoxy) is 1. The highest BCUT2D eigenvalue weighted by Gasteiger charge is 2.03. The molecule has 0 aliphatic heterocycles. The fraction of sp³-hybridized carbons (Fsp3) is 0.600. The smallest absolute Gasteiger partial charge is 0.298 e. The van der Waals surface area contributed by atoms with Crippen LogP contribution in [0, 0.1) is 11.5 Å². The van der Waals surface area contributed by atoms with Crippen molar-refractivity contribution in [3.63, 3.8) is 0 Å². The number of nitrogens with zero attached hydrogens (tertiary/aromatic N) is 2. The van der Waals surface area contributed by atoms with Crippen LogP contribution < -0.4 is 5.32 Å². The maximum atomic E-state index is 8.37. The minimum atomic E-state index is 0.291. The van der Waals surface area contributed by atoms with Gasteiger partial charge in [0.1, 0.15) is 0 Å². The summed E-state index contributed by atoms with van der Waals surface area (Å²) in [5.74, 6) is 0. The molecular weight excluding hydrogens is 178 g/mol. The predicted molar refractivity (Wildman–Crippen MR) is 54.6 cm³/mol. The van der Waals surface area contributed by atoms with Crippen molar-refractivity contribution >= 4 is 6.02 Å². The molecule has 4 heteroatoms. The third-order valence-electron chi connectivity index (χ3n) is 2.17. The molecule has 1 rings (SSSR count). The van der Waals surface area contributed by atoms with E-state index in [2.05, 4.69) is 16.4 Å². The average Bonchev–Trinajstić information content (AvgIpc) is 2.25. The molecule has 0 saturated carbocycles. The van der Waals surface area contributed by atoms with Gasteiger partial charge in [-0.2, -0.15) is 5.26 Å². The Morgan fingerprint density at radius 3 is 3.14 bits per heavy atom. The van der Waals surface area contributed by atoms with Crippen molar-refractivity contribution in [1.82, 2.24) is 5.32 Å². The summed E-state index contributed by atoms with van der Waals surface area (Å²) in [5.41, 5.74) is 1.34. The summed E-state index contributed by atoms with van der Waals surface area (Å²) < 4.78 is 4.87. The molecule has 1 aliphatic rings. The van der Waals surface area contributed by atoms with Crippen molar-refractivity contribution in [1.29, 1.82) is 5.26 Å². The number of allylic oxidation sites excluding steroid dienone is 1. The van der Waals surface area contributed by atoms with Crippen molar-refractivity contribution in [2.75, 3.05) is 13.7 Å². The third kappa shape index (κ3) is 3.48. The molecule has 0 fully saturated rings. The molecule has 0 bridgehead atoms. The second-order valence-electron chi connectivity index (χ2n) is 3.17. The van der Waals surface area contributed by atoms with E-state index in [9.17, 15) is 0 Å². The highest BCUT2D eigenvalue weighted by Crippen LogP contribution is 2.17. The van der Waals surface area contributed by atoms with Crippen LogP contribution in [0.1, 0.15) is 25.7 Å². The summed E-state index contributed by atoms with van der Waals surface area (Å²) in [6, 6.07) is 0.291. The zero-order valence-electron chi connectivity index (χ0n) is 8.42. The van der Waals surface area contributed by atoms with E-state index in [1.165, 1.54) is 25.5 Å². The molecule has 0 aromatic carbocycles. The lowest BCUT2D eigenvalue weighted by atomic mass is 10.00. The Bertz CT molecular complexity index is 276. The van der Waals surface area contributed by atoms with Gasteiger partial charge in [0.25, 0.3) is 6.02 Å². The molecule has 4 nitrogen and oxygen atoms in total. The fourth-order valence-electron chi connectivity index (χ4n) is 1.42. The van der Waals surface area contributed by atoms with Gasteiger partial charge in [0, 0.05) is 0 Å². The summed E-state index contributed by atoms with van der Waals surface area (Å²) in [6.07, 6.45) is 8.80. The van der Waals surface area contributed by atoms with E-state index in [0.29, 0.717) is 12.6 Å². The normalized spacial score (nSPS) is 16.9. The minimum Gasteiger partial charge on any atom is -0.468 e. The first kappa shape index (κ1) is 10.6. The van der Waals surface area contributed by atoms with Gasteiger partial charge in [0.05, 0.1) is 13.7 Å². The van der Waals surface area contributed by atoms with Crippen LogP contribution in [0.5, 0.6) is 0 Å². The van der Waals surface area contributed by atoms with E-state index < -0.39 is 0 Å². The number of nitriles is 1. The molecule has 1 aliphatic carbocycles. The van der Waals surface area contributed by atoms with E-state index in [1.54, 1.807) is 6.19 Å². The van der Waals surface area contributed by atoms with Crippen LogP contribution in [0.15, 0.2) is 16.6 Å². The monoisotopic (exact) mass is 193 g/mol. The molecule has 0 radical (unpaired) electrons. The second-order valence-corrected chi connectivity index (χ2v) is 3.17. The molecule has 0 saturated heterocycles. The van der Waals surface area contributed by atoms with Gasteiger partial charge in [0.15, 0.2) is 6.19 Å². The number of hydrogen-bond donors (Lipinski definition) is 1. The standard InChI is InChI=1S/C10H15N3O/c1-14-10(13-8-11)12-7-9-5-3-2-4-6-9/h5H,2-4,6-7H2,1H3,(H,12,13). The summed E-state index contributed by atoms with van der Waals surface area (Å²) in [7, 11) is 1.50. The van der Waals surface area contributed by atoms with E-state index >= 15 is 0 Å². The summed E-state index contributed by atoms with van der Waals surface area (Å²) in [6.45, 7) is 0.637. The number of hydrogen-bond acceptors (Lipinski definition) is 3. The first-order chi connectivity index (χ1) is 6.86. The average molecular weight is 193 g/mol. The first-order valence-electron chi connectivity index (χ1n) is 4.78. The number of methoxy groups -OCH3 is 1. The molecule has 0 amide bonds. The summed E-state index contributed by atoms with van der Waals surface area (Å²) >= 11 is 0. The van der Waals surface area contributed by atoms with Crippen LogP contribution in [-0.4, -0.2) is 19.7 Å². The molecule has 0 aromatic heterocycles. The van der Waals surface area contributed by atoms with Crippen molar-refractivity contribution in [2.45, 2.75) is 25.7 Å². The van der Waals surface area contributed by atoms with Gasteiger partial charge in [-0.05, 0) is 25.7 Å². The molecule has 1 N–H and O–H groups in total. The molecule has 0 aromatic rings. The van der Waals surface area contributed by atoms with Crippen LogP contribution in [0.2, 0.25) is 0 Å². The molecule has 76 valence electrons. The largest absolute Gasteiger partial charge is 0.468 e. The van der Waals surface area contributed by atoms with E-state index in [-0.39, 0.29) is 0 Å².